The third-order valence-electron chi connectivity index (χ3n) is 4.48. The van der Waals surface area contributed by atoms with Crippen molar-refractivity contribution in [2.45, 2.75) is 6.92 Å². The summed E-state index contributed by atoms with van der Waals surface area (Å²) < 4.78 is 0. The van der Waals surface area contributed by atoms with Crippen molar-refractivity contribution < 1.29 is 4.92 Å². The van der Waals surface area contributed by atoms with Crippen molar-refractivity contribution in [1.29, 1.82) is 0 Å². The Hall–Kier alpha value is -3.71. The summed E-state index contributed by atoms with van der Waals surface area (Å²) in [7, 11) is 0. The van der Waals surface area contributed by atoms with Crippen LogP contribution in [-0.2, 0) is 0 Å². The number of halogens is 1. The number of nitro groups is 1. The number of hydrogen-bond acceptors (Lipinski definition) is 6. The van der Waals surface area contributed by atoms with Crippen LogP contribution in [0.1, 0.15) is 5.56 Å². The number of aryl methyl sites for hydroxylation is 1. The second-order valence-corrected chi connectivity index (χ2v) is 6.82. The Labute approximate surface area is 171 Å². The molecule has 0 amide bonds. The molecular weight excluding hydrogens is 390 g/mol. The van der Waals surface area contributed by atoms with Crippen LogP contribution in [0.4, 0.5) is 28.7 Å². The average Bonchev–Trinajstić information content (AvgIpc) is 2.71. The van der Waals surface area contributed by atoms with Crippen LogP contribution in [0.15, 0.2) is 67.0 Å². The molecular formula is C21H16ClN5O2. The highest BCUT2D eigenvalue weighted by molar-refractivity contribution is 6.31. The number of fused-ring (bicyclic) bond motifs is 1. The Morgan fingerprint density at radius 3 is 2.45 bits per heavy atom. The summed E-state index contributed by atoms with van der Waals surface area (Å²) in [5.41, 5.74) is 1.97. The zero-order valence-electron chi connectivity index (χ0n) is 15.4. The van der Waals surface area contributed by atoms with Gasteiger partial charge in [-0.2, -0.15) is 0 Å². The maximum Gasteiger partial charge on any atom is 0.353 e. The van der Waals surface area contributed by atoms with E-state index in [1.807, 2.05) is 55.5 Å². The van der Waals surface area contributed by atoms with E-state index in [0.717, 1.165) is 16.3 Å². The van der Waals surface area contributed by atoms with Crippen molar-refractivity contribution >= 4 is 51.1 Å². The van der Waals surface area contributed by atoms with Gasteiger partial charge in [0.2, 0.25) is 11.6 Å². The number of hydrogen-bond donors (Lipinski definition) is 2. The van der Waals surface area contributed by atoms with Gasteiger partial charge in [-0.15, -0.1) is 0 Å². The second-order valence-electron chi connectivity index (χ2n) is 6.42. The molecule has 8 heteroatoms. The smallest absolute Gasteiger partial charge is 0.334 e. The Morgan fingerprint density at radius 1 is 0.966 bits per heavy atom. The van der Waals surface area contributed by atoms with Crippen molar-refractivity contribution in [3.05, 3.63) is 87.7 Å². The number of rotatable bonds is 5. The van der Waals surface area contributed by atoms with Crippen LogP contribution in [0.2, 0.25) is 5.02 Å². The van der Waals surface area contributed by atoms with E-state index >= 15 is 0 Å². The van der Waals surface area contributed by atoms with Gasteiger partial charge in [0.25, 0.3) is 0 Å². The highest BCUT2D eigenvalue weighted by Gasteiger charge is 2.24. The summed E-state index contributed by atoms with van der Waals surface area (Å²) in [6, 6.07) is 18.8. The molecule has 4 rings (SSSR count). The van der Waals surface area contributed by atoms with Crippen molar-refractivity contribution in [2.75, 3.05) is 10.6 Å². The van der Waals surface area contributed by atoms with Crippen molar-refractivity contribution in [3.63, 3.8) is 0 Å². The Morgan fingerprint density at radius 2 is 1.69 bits per heavy atom. The van der Waals surface area contributed by atoms with Crippen LogP contribution in [-0.4, -0.2) is 14.9 Å². The van der Waals surface area contributed by atoms with Gasteiger partial charge in [0.1, 0.15) is 6.33 Å². The van der Waals surface area contributed by atoms with Gasteiger partial charge in [-0.25, -0.2) is 9.97 Å². The van der Waals surface area contributed by atoms with Crippen molar-refractivity contribution in [2.24, 2.45) is 0 Å². The molecule has 4 aromatic rings. The second kappa shape index (κ2) is 7.73. The van der Waals surface area contributed by atoms with Crippen molar-refractivity contribution in [1.82, 2.24) is 9.97 Å². The van der Waals surface area contributed by atoms with E-state index in [2.05, 4.69) is 20.6 Å². The molecule has 0 atom stereocenters. The molecule has 1 aromatic heterocycles. The lowest BCUT2D eigenvalue weighted by molar-refractivity contribution is -0.383. The van der Waals surface area contributed by atoms with Gasteiger partial charge in [-0.3, -0.25) is 10.1 Å². The zero-order chi connectivity index (χ0) is 20.4. The number of aromatic nitrogens is 2. The van der Waals surface area contributed by atoms with Crippen LogP contribution in [0.5, 0.6) is 0 Å². The monoisotopic (exact) mass is 405 g/mol. The molecule has 3 aromatic carbocycles. The minimum absolute atomic E-state index is 0.0765. The number of anilines is 4. The van der Waals surface area contributed by atoms with E-state index in [4.69, 9.17) is 11.6 Å². The lowest BCUT2D eigenvalue weighted by Crippen LogP contribution is -2.05. The SMILES string of the molecule is Cc1ccc(Nc2ncnc(Nc3cccc4ccccc34)c2[N+](=O)[O-])cc1Cl. The predicted molar refractivity (Wildman–Crippen MR) is 115 cm³/mol. The van der Waals surface area contributed by atoms with Gasteiger partial charge < -0.3 is 10.6 Å². The first-order valence-corrected chi connectivity index (χ1v) is 9.18. The highest BCUT2D eigenvalue weighted by Crippen LogP contribution is 2.35. The standard InChI is InChI=1S/C21H16ClN5O2/c1-13-9-10-15(11-17(13)22)25-20-19(27(28)29)21(24-12-23-20)26-18-8-4-6-14-5-2-3-7-16(14)18/h2-12H,1H3,(H2,23,24,25,26). The largest absolute Gasteiger partial charge is 0.353 e. The minimum atomic E-state index is -0.508. The zero-order valence-corrected chi connectivity index (χ0v) is 16.1. The van der Waals surface area contributed by atoms with Crippen LogP contribution < -0.4 is 10.6 Å². The summed E-state index contributed by atoms with van der Waals surface area (Å²) in [5, 5.41) is 20.4. The fraction of sp³-hybridized carbons (Fsp3) is 0.0476. The maximum absolute atomic E-state index is 11.8. The number of nitrogens with one attached hydrogen (secondary N) is 2. The van der Waals surface area contributed by atoms with Gasteiger partial charge in [0, 0.05) is 21.8 Å². The third kappa shape index (κ3) is 3.81. The topological polar surface area (TPSA) is 93.0 Å². The van der Waals surface area contributed by atoms with Gasteiger partial charge in [-0.1, -0.05) is 54.1 Å². The molecule has 0 aliphatic rings. The van der Waals surface area contributed by atoms with E-state index in [0.29, 0.717) is 16.4 Å². The van der Waals surface area contributed by atoms with Crippen LogP contribution in [0.3, 0.4) is 0 Å². The summed E-state index contributed by atoms with van der Waals surface area (Å²) in [5.74, 6) is 0.176. The average molecular weight is 406 g/mol. The molecule has 0 spiro atoms. The first-order chi connectivity index (χ1) is 14.0. The quantitative estimate of drug-likeness (QED) is 0.313. The highest BCUT2D eigenvalue weighted by atomic mass is 35.5. The lowest BCUT2D eigenvalue weighted by Gasteiger charge is -2.12. The van der Waals surface area contributed by atoms with Crippen LogP contribution >= 0.6 is 11.6 Å². The number of nitrogens with zero attached hydrogens (tertiary/aromatic N) is 3. The molecule has 0 saturated carbocycles. The molecule has 0 unspecified atom stereocenters. The molecule has 144 valence electrons. The van der Waals surface area contributed by atoms with Gasteiger partial charge in [-0.05, 0) is 36.1 Å². The van der Waals surface area contributed by atoms with Crippen LogP contribution in [0, 0.1) is 17.0 Å². The molecule has 0 bridgehead atoms. The summed E-state index contributed by atoms with van der Waals surface area (Å²) in [4.78, 5) is 19.5. The fourth-order valence-corrected chi connectivity index (χ4v) is 3.18. The molecule has 2 N–H and O–H groups in total. The van der Waals surface area contributed by atoms with Gasteiger partial charge in [0.05, 0.1) is 4.92 Å². The molecule has 0 aliphatic heterocycles. The minimum Gasteiger partial charge on any atom is -0.334 e. The Kier molecular flexibility index (Phi) is 4.97. The van der Waals surface area contributed by atoms with E-state index in [9.17, 15) is 10.1 Å². The Bertz CT molecular complexity index is 1220. The lowest BCUT2D eigenvalue weighted by atomic mass is 10.1. The molecule has 0 radical (unpaired) electrons. The molecule has 1 heterocycles. The van der Waals surface area contributed by atoms with Crippen molar-refractivity contribution in [3.8, 4) is 0 Å². The number of benzene rings is 3. The maximum atomic E-state index is 11.8. The third-order valence-corrected chi connectivity index (χ3v) is 4.89. The van der Waals surface area contributed by atoms with E-state index in [1.54, 1.807) is 12.1 Å². The summed E-state index contributed by atoms with van der Waals surface area (Å²) in [6.45, 7) is 1.88. The normalized spacial score (nSPS) is 10.7. The molecule has 0 saturated heterocycles. The fourth-order valence-electron chi connectivity index (χ4n) is 3.00. The summed E-state index contributed by atoms with van der Waals surface area (Å²) >= 11 is 6.16. The first-order valence-electron chi connectivity index (χ1n) is 8.80. The predicted octanol–water partition coefficient (Wildman–Crippen LogP) is 5.99. The van der Waals surface area contributed by atoms with Gasteiger partial charge >= 0.3 is 5.69 Å². The van der Waals surface area contributed by atoms with E-state index in [-0.39, 0.29) is 17.3 Å². The summed E-state index contributed by atoms with van der Waals surface area (Å²) in [6.07, 6.45) is 1.28. The molecule has 0 fully saturated rings. The molecule has 29 heavy (non-hydrogen) atoms. The molecule has 7 nitrogen and oxygen atoms in total. The van der Waals surface area contributed by atoms with E-state index < -0.39 is 4.92 Å². The van der Waals surface area contributed by atoms with Gasteiger partial charge in [0.15, 0.2) is 0 Å². The first kappa shape index (κ1) is 18.6. The Balaban J connectivity index is 1.75. The van der Waals surface area contributed by atoms with Crippen LogP contribution in [0.25, 0.3) is 10.8 Å². The van der Waals surface area contributed by atoms with E-state index in [1.165, 1.54) is 6.33 Å². The molecule has 0 aliphatic carbocycles.